The second-order valence-electron chi connectivity index (χ2n) is 6.71. The zero-order chi connectivity index (χ0) is 20.3. The fourth-order valence-electron chi connectivity index (χ4n) is 3.15. The van der Waals surface area contributed by atoms with Crippen molar-refractivity contribution in [3.8, 4) is 0 Å². The second-order valence-corrected chi connectivity index (χ2v) is 9.88. The first-order valence-electron chi connectivity index (χ1n) is 8.90. The number of amides is 1. The minimum absolute atomic E-state index is 0.00663. The Morgan fingerprint density at radius 1 is 1.39 bits per heavy atom. The van der Waals surface area contributed by atoms with Gasteiger partial charge in [0.25, 0.3) is 5.56 Å². The molecule has 0 radical (unpaired) electrons. The molecule has 1 aliphatic rings. The Labute approximate surface area is 167 Å². The van der Waals surface area contributed by atoms with Crippen molar-refractivity contribution in [1.29, 1.82) is 0 Å². The van der Waals surface area contributed by atoms with E-state index in [0.717, 1.165) is 0 Å². The Kier molecular flexibility index (Phi) is 6.41. The summed E-state index contributed by atoms with van der Waals surface area (Å²) in [5, 5.41) is 0.962. The molecule has 2 heterocycles. The van der Waals surface area contributed by atoms with Crippen molar-refractivity contribution in [1.82, 2.24) is 14.5 Å². The number of benzene rings is 1. The lowest BCUT2D eigenvalue weighted by atomic mass is 10.2. The van der Waals surface area contributed by atoms with Crippen molar-refractivity contribution in [2.75, 3.05) is 38.0 Å². The van der Waals surface area contributed by atoms with Crippen LogP contribution in [0.4, 0.5) is 0 Å². The number of ether oxygens (including phenoxy) is 1. The van der Waals surface area contributed by atoms with E-state index in [1.807, 2.05) is 6.07 Å². The molecule has 10 heteroatoms. The summed E-state index contributed by atoms with van der Waals surface area (Å²) in [5.74, 6) is 0.00991. The van der Waals surface area contributed by atoms with E-state index in [9.17, 15) is 18.0 Å². The molecule has 0 saturated carbocycles. The van der Waals surface area contributed by atoms with Crippen LogP contribution in [0.2, 0.25) is 0 Å². The molecule has 1 aliphatic heterocycles. The zero-order valence-electron chi connectivity index (χ0n) is 15.8. The Morgan fingerprint density at radius 2 is 2.14 bits per heavy atom. The molecule has 1 aromatic heterocycles. The number of fused-ring (bicyclic) bond motifs is 1. The number of hydrogen-bond acceptors (Lipinski definition) is 7. The standard InChI is InChI=1S/C18H23N3O5S2/c1-20(13-7-10-28(24,25)12-13)16(22)11-27-18-19-15-6-4-3-5-14(15)17(23)21(18)8-9-26-2/h3-6,13H,7-12H2,1-2H3/t13-/m1/s1. The van der Waals surface area contributed by atoms with E-state index >= 15 is 0 Å². The van der Waals surface area contributed by atoms with Crippen LogP contribution in [0, 0.1) is 0 Å². The van der Waals surface area contributed by atoms with Crippen LogP contribution >= 0.6 is 11.8 Å². The summed E-state index contributed by atoms with van der Waals surface area (Å²) >= 11 is 1.18. The monoisotopic (exact) mass is 425 g/mol. The fourth-order valence-corrected chi connectivity index (χ4v) is 5.87. The van der Waals surface area contributed by atoms with Crippen molar-refractivity contribution < 1.29 is 17.9 Å². The summed E-state index contributed by atoms with van der Waals surface area (Å²) in [4.78, 5) is 31.4. The molecule has 0 bridgehead atoms. The number of carbonyl (C=O) groups excluding carboxylic acids is 1. The van der Waals surface area contributed by atoms with E-state index in [2.05, 4.69) is 4.98 Å². The Morgan fingerprint density at radius 3 is 2.82 bits per heavy atom. The molecular weight excluding hydrogens is 402 g/mol. The van der Waals surface area contributed by atoms with Crippen molar-refractivity contribution in [2.45, 2.75) is 24.2 Å². The van der Waals surface area contributed by atoms with E-state index < -0.39 is 9.84 Å². The number of rotatable bonds is 7. The summed E-state index contributed by atoms with van der Waals surface area (Å²) in [6.07, 6.45) is 0.460. The summed E-state index contributed by atoms with van der Waals surface area (Å²) in [6.45, 7) is 0.682. The van der Waals surface area contributed by atoms with E-state index in [4.69, 9.17) is 4.74 Å². The van der Waals surface area contributed by atoms with Gasteiger partial charge in [0.1, 0.15) is 0 Å². The van der Waals surface area contributed by atoms with Crippen LogP contribution in [0.5, 0.6) is 0 Å². The molecule has 8 nitrogen and oxygen atoms in total. The van der Waals surface area contributed by atoms with Gasteiger partial charge in [-0.15, -0.1) is 0 Å². The highest BCUT2D eigenvalue weighted by Crippen LogP contribution is 2.21. The van der Waals surface area contributed by atoms with Crippen molar-refractivity contribution in [3.63, 3.8) is 0 Å². The third-order valence-electron chi connectivity index (χ3n) is 4.82. The molecule has 1 fully saturated rings. The Hall–Kier alpha value is -1.91. The van der Waals surface area contributed by atoms with Crippen LogP contribution in [0.15, 0.2) is 34.2 Å². The van der Waals surface area contributed by atoms with Gasteiger partial charge in [0.05, 0.1) is 41.3 Å². The predicted molar refractivity (Wildman–Crippen MR) is 108 cm³/mol. The predicted octanol–water partition coefficient (Wildman–Crippen LogP) is 0.781. The van der Waals surface area contributed by atoms with Crippen LogP contribution in [0.25, 0.3) is 10.9 Å². The number of aromatic nitrogens is 2. The molecule has 0 N–H and O–H groups in total. The number of thioether (sulfide) groups is 1. The maximum atomic E-state index is 12.8. The average molecular weight is 426 g/mol. The number of methoxy groups -OCH3 is 1. The van der Waals surface area contributed by atoms with Crippen molar-refractivity contribution in [3.05, 3.63) is 34.6 Å². The molecule has 28 heavy (non-hydrogen) atoms. The van der Waals surface area contributed by atoms with E-state index in [1.165, 1.54) is 21.2 Å². The zero-order valence-corrected chi connectivity index (χ0v) is 17.5. The summed E-state index contributed by atoms with van der Waals surface area (Å²) in [7, 11) is 0.121. The number of sulfone groups is 1. The minimum atomic E-state index is -3.06. The van der Waals surface area contributed by atoms with E-state index in [0.29, 0.717) is 35.6 Å². The van der Waals surface area contributed by atoms with Gasteiger partial charge in [0.15, 0.2) is 15.0 Å². The van der Waals surface area contributed by atoms with Crippen LogP contribution in [-0.2, 0) is 25.9 Å². The highest BCUT2D eigenvalue weighted by molar-refractivity contribution is 7.99. The lowest BCUT2D eigenvalue weighted by Gasteiger charge is -2.23. The molecule has 1 saturated heterocycles. The van der Waals surface area contributed by atoms with Crippen LogP contribution in [-0.4, -0.2) is 72.8 Å². The highest BCUT2D eigenvalue weighted by Gasteiger charge is 2.32. The normalized spacial score (nSPS) is 18.4. The fraction of sp³-hybridized carbons (Fsp3) is 0.500. The molecule has 0 unspecified atom stereocenters. The van der Waals surface area contributed by atoms with E-state index in [-0.39, 0.29) is 34.8 Å². The molecule has 2 aromatic rings. The van der Waals surface area contributed by atoms with Gasteiger partial charge >= 0.3 is 0 Å². The summed E-state index contributed by atoms with van der Waals surface area (Å²) < 4.78 is 29.9. The molecule has 3 rings (SSSR count). The molecular formula is C18H23N3O5S2. The second kappa shape index (κ2) is 8.62. The first kappa shape index (κ1) is 20.8. The molecule has 0 spiro atoms. The van der Waals surface area contributed by atoms with Crippen molar-refractivity contribution >= 4 is 38.4 Å². The number of carbonyl (C=O) groups is 1. The summed E-state index contributed by atoms with van der Waals surface area (Å²) in [5.41, 5.74) is 0.402. The number of para-hydroxylation sites is 1. The van der Waals surface area contributed by atoms with Gasteiger partial charge in [-0.05, 0) is 18.6 Å². The maximum absolute atomic E-state index is 12.8. The average Bonchev–Trinajstić information content (AvgIpc) is 3.04. The third-order valence-corrected chi connectivity index (χ3v) is 7.53. The van der Waals surface area contributed by atoms with Gasteiger partial charge in [0.2, 0.25) is 5.91 Å². The largest absolute Gasteiger partial charge is 0.383 e. The van der Waals surface area contributed by atoms with Crippen LogP contribution in [0.3, 0.4) is 0 Å². The SMILES string of the molecule is COCCn1c(SCC(=O)N(C)[C@@H]2CCS(=O)(=O)C2)nc2ccccc2c1=O. The molecule has 1 amide bonds. The molecule has 1 aromatic carbocycles. The summed E-state index contributed by atoms with van der Waals surface area (Å²) in [6, 6.07) is 6.79. The lowest BCUT2D eigenvalue weighted by Crippen LogP contribution is -2.39. The van der Waals surface area contributed by atoms with Crippen molar-refractivity contribution in [2.24, 2.45) is 0 Å². The lowest BCUT2D eigenvalue weighted by molar-refractivity contribution is -0.128. The quantitative estimate of drug-likeness (QED) is 0.477. The highest BCUT2D eigenvalue weighted by atomic mass is 32.2. The minimum Gasteiger partial charge on any atom is -0.383 e. The Balaban J connectivity index is 1.79. The first-order valence-corrected chi connectivity index (χ1v) is 11.7. The smallest absolute Gasteiger partial charge is 0.262 e. The van der Waals surface area contributed by atoms with E-state index in [1.54, 1.807) is 32.4 Å². The van der Waals surface area contributed by atoms with Crippen LogP contribution < -0.4 is 5.56 Å². The van der Waals surface area contributed by atoms with Gasteiger partial charge in [-0.2, -0.15) is 0 Å². The van der Waals surface area contributed by atoms with Gasteiger partial charge in [-0.3, -0.25) is 14.2 Å². The molecule has 152 valence electrons. The first-order chi connectivity index (χ1) is 13.3. The maximum Gasteiger partial charge on any atom is 0.262 e. The molecule has 1 atom stereocenters. The molecule has 0 aliphatic carbocycles. The number of nitrogens with zero attached hydrogens (tertiary/aromatic N) is 3. The third kappa shape index (κ3) is 4.56. The van der Waals surface area contributed by atoms with Crippen LogP contribution in [0.1, 0.15) is 6.42 Å². The van der Waals surface area contributed by atoms with Gasteiger partial charge in [0, 0.05) is 20.2 Å². The Bertz CT molecular complexity index is 1040. The number of hydrogen-bond donors (Lipinski definition) is 0. The van der Waals surface area contributed by atoms with Gasteiger partial charge in [-0.25, -0.2) is 13.4 Å². The van der Waals surface area contributed by atoms with Gasteiger partial charge < -0.3 is 9.64 Å². The topological polar surface area (TPSA) is 98.6 Å². The van der Waals surface area contributed by atoms with Gasteiger partial charge in [-0.1, -0.05) is 23.9 Å².